The monoisotopic (exact) mass is 194 g/mol. The highest BCUT2D eigenvalue weighted by molar-refractivity contribution is 5.75. The van der Waals surface area contributed by atoms with Crippen molar-refractivity contribution in [2.45, 2.75) is 44.1 Å². The van der Waals surface area contributed by atoms with Crippen molar-refractivity contribution in [3.63, 3.8) is 0 Å². The van der Waals surface area contributed by atoms with Gasteiger partial charge in [-0.15, -0.1) is 0 Å². The number of urea groups is 1. The summed E-state index contributed by atoms with van der Waals surface area (Å²) in [5.74, 6) is 0.898. The van der Waals surface area contributed by atoms with Gasteiger partial charge in [0.25, 0.3) is 0 Å². The molecule has 2 N–H and O–H groups in total. The zero-order chi connectivity index (χ0) is 9.81. The summed E-state index contributed by atoms with van der Waals surface area (Å²) in [7, 11) is 1.70. The first-order chi connectivity index (χ1) is 6.70. The molecule has 1 spiro atoms. The van der Waals surface area contributed by atoms with Crippen molar-refractivity contribution < 1.29 is 4.79 Å². The van der Waals surface area contributed by atoms with Crippen LogP contribution < -0.4 is 10.6 Å². The van der Waals surface area contributed by atoms with Gasteiger partial charge in [0.05, 0.1) is 0 Å². The molecule has 3 saturated carbocycles. The predicted octanol–water partition coefficient (Wildman–Crippen LogP) is 1.64. The van der Waals surface area contributed by atoms with Crippen LogP contribution in [0.15, 0.2) is 0 Å². The van der Waals surface area contributed by atoms with Crippen LogP contribution in [0, 0.1) is 11.3 Å². The highest BCUT2D eigenvalue weighted by atomic mass is 16.2. The molecule has 2 amide bonds. The van der Waals surface area contributed by atoms with Crippen molar-refractivity contribution in [2.24, 2.45) is 11.3 Å². The average molecular weight is 194 g/mol. The van der Waals surface area contributed by atoms with Crippen molar-refractivity contribution in [1.29, 1.82) is 0 Å². The van der Waals surface area contributed by atoms with Crippen LogP contribution in [0.3, 0.4) is 0 Å². The van der Waals surface area contributed by atoms with Crippen molar-refractivity contribution >= 4 is 6.03 Å². The Morgan fingerprint density at radius 1 is 1.43 bits per heavy atom. The maximum Gasteiger partial charge on any atom is 0.314 e. The summed E-state index contributed by atoms with van der Waals surface area (Å²) in [6.07, 6.45) is 7.95. The summed E-state index contributed by atoms with van der Waals surface area (Å²) in [5.41, 5.74) is 0.719. The molecule has 3 rings (SSSR count). The lowest BCUT2D eigenvalue weighted by Gasteiger charge is -2.22. The van der Waals surface area contributed by atoms with Crippen LogP contribution in [-0.4, -0.2) is 18.6 Å². The summed E-state index contributed by atoms with van der Waals surface area (Å²) in [6, 6.07) is 0.00873. The molecule has 0 aliphatic heterocycles. The average Bonchev–Trinajstić information content (AvgIpc) is 2.64. The van der Waals surface area contributed by atoms with Gasteiger partial charge in [0, 0.05) is 12.6 Å². The molecule has 3 unspecified atom stereocenters. The van der Waals surface area contributed by atoms with Crippen LogP contribution in [0.5, 0.6) is 0 Å². The van der Waals surface area contributed by atoms with Gasteiger partial charge in [-0.05, 0) is 37.0 Å². The Morgan fingerprint density at radius 3 is 3.00 bits per heavy atom. The number of hydrogen-bond acceptors (Lipinski definition) is 1. The molecule has 2 bridgehead atoms. The lowest BCUT2D eigenvalue weighted by molar-refractivity contribution is 0.234. The smallest absolute Gasteiger partial charge is 0.314 e. The third-order valence-electron chi connectivity index (χ3n) is 4.69. The van der Waals surface area contributed by atoms with E-state index in [1.807, 2.05) is 0 Å². The Morgan fingerprint density at radius 2 is 2.29 bits per heavy atom. The molecule has 0 heterocycles. The summed E-state index contributed by atoms with van der Waals surface area (Å²) in [4.78, 5) is 11.4. The van der Waals surface area contributed by atoms with Crippen LogP contribution in [0.1, 0.15) is 38.5 Å². The van der Waals surface area contributed by atoms with E-state index in [9.17, 15) is 4.79 Å². The van der Waals surface area contributed by atoms with Crippen LogP contribution in [0.25, 0.3) is 0 Å². The van der Waals surface area contributed by atoms with E-state index < -0.39 is 0 Å². The zero-order valence-electron chi connectivity index (χ0n) is 8.73. The molecule has 3 aliphatic rings. The number of amides is 2. The van der Waals surface area contributed by atoms with E-state index in [2.05, 4.69) is 10.6 Å². The van der Waals surface area contributed by atoms with E-state index in [0.717, 1.165) is 5.92 Å². The fraction of sp³-hybridized carbons (Fsp3) is 0.909. The molecule has 0 aromatic rings. The van der Waals surface area contributed by atoms with Gasteiger partial charge in [-0.25, -0.2) is 4.79 Å². The van der Waals surface area contributed by atoms with Crippen molar-refractivity contribution in [1.82, 2.24) is 10.6 Å². The first-order valence-electron chi connectivity index (χ1n) is 5.70. The molecular formula is C11H18N2O. The van der Waals surface area contributed by atoms with Crippen LogP contribution in [0.4, 0.5) is 4.79 Å². The van der Waals surface area contributed by atoms with E-state index in [4.69, 9.17) is 0 Å². The second kappa shape index (κ2) is 2.44. The molecule has 0 aromatic heterocycles. The van der Waals surface area contributed by atoms with Gasteiger partial charge in [-0.1, -0.05) is 12.8 Å². The number of nitrogens with one attached hydrogen (secondary N) is 2. The van der Waals surface area contributed by atoms with E-state index in [1.54, 1.807) is 7.05 Å². The van der Waals surface area contributed by atoms with Crippen molar-refractivity contribution in [2.75, 3.05) is 7.05 Å². The largest absolute Gasteiger partial charge is 0.341 e. The van der Waals surface area contributed by atoms with Crippen LogP contribution in [-0.2, 0) is 0 Å². The molecule has 0 saturated heterocycles. The van der Waals surface area contributed by atoms with Gasteiger partial charge >= 0.3 is 6.03 Å². The topological polar surface area (TPSA) is 41.1 Å². The zero-order valence-corrected chi connectivity index (χ0v) is 8.73. The fourth-order valence-corrected chi connectivity index (χ4v) is 4.08. The first kappa shape index (κ1) is 8.57. The molecule has 14 heavy (non-hydrogen) atoms. The standard InChI is InChI=1S/C11H18N2O/c1-12-9(14)13-11-6-8-3-2-4-10(11,5-8)7-11/h8H,2-7H2,1H3,(H2,12,13,14). The molecule has 3 heteroatoms. The molecule has 3 fully saturated rings. The van der Waals surface area contributed by atoms with Crippen molar-refractivity contribution in [3.05, 3.63) is 0 Å². The van der Waals surface area contributed by atoms with E-state index in [1.165, 1.54) is 38.5 Å². The first-order valence-corrected chi connectivity index (χ1v) is 5.70. The second-order valence-electron chi connectivity index (χ2n) is 5.41. The number of hydrogen-bond donors (Lipinski definition) is 2. The normalized spacial score (nSPS) is 48.2. The van der Waals surface area contributed by atoms with Crippen LogP contribution >= 0.6 is 0 Å². The molecule has 0 radical (unpaired) electrons. The maximum atomic E-state index is 11.4. The Kier molecular flexibility index (Phi) is 1.49. The van der Waals surface area contributed by atoms with Gasteiger partial charge in [-0.2, -0.15) is 0 Å². The Bertz CT molecular complexity index is 291. The summed E-state index contributed by atoms with van der Waals surface area (Å²) in [6.45, 7) is 0. The molecule has 3 aliphatic carbocycles. The van der Waals surface area contributed by atoms with E-state index >= 15 is 0 Å². The summed E-state index contributed by atoms with van der Waals surface area (Å²) >= 11 is 0. The third-order valence-corrected chi connectivity index (χ3v) is 4.69. The second-order valence-corrected chi connectivity index (χ2v) is 5.41. The SMILES string of the molecule is CNC(=O)NC12CC3CCCC1(C3)C2. The van der Waals surface area contributed by atoms with Gasteiger partial charge < -0.3 is 10.6 Å². The van der Waals surface area contributed by atoms with Crippen molar-refractivity contribution in [3.8, 4) is 0 Å². The summed E-state index contributed by atoms with van der Waals surface area (Å²) in [5, 5.41) is 5.86. The van der Waals surface area contributed by atoms with Gasteiger partial charge in [0.1, 0.15) is 0 Å². The molecule has 3 atom stereocenters. The molecule has 78 valence electrons. The Balaban J connectivity index is 1.78. The number of carbonyl (C=O) groups is 1. The van der Waals surface area contributed by atoms with E-state index in [-0.39, 0.29) is 11.6 Å². The molecular weight excluding hydrogens is 176 g/mol. The minimum Gasteiger partial charge on any atom is -0.341 e. The van der Waals surface area contributed by atoms with E-state index in [0.29, 0.717) is 5.41 Å². The highest BCUT2D eigenvalue weighted by Gasteiger charge is 2.73. The quantitative estimate of drug-likeness (QED) is 0.654. The summed E-state index contributed by atoms with van der Waals surface area (Å²) < 4.78 is 0. The third kappa shape index (κ3) is 0.904. The lowest BCUT2D eigenvalue weighted by atomic mass is 9.83. The minimum absolute atomic E-state index is 0.00873. The number of carbonyl (C=O) groups excluding carboxylic acids is 1. The molecule has 3 nitrogen and oxygen atoms in total. The Hall–Kier alpha value is -0.730. The fourth-order valence-electron chi connectivity index (χ4n) is 4.08. The maximum absolute atomic E-state index is 11.4. The number of fused-ring (bicyclic) bond motifs is 1. The number of rotatable bonds is 1. The van der Waals surface area contributed by atoms with Gasteiger partial charge in [0.15, 0.2) is 0 Å². The highest BCUT2D eigenvalue weighted by Crippen LogP contribution is 2.73. The Labute approximate surface area is 84.6 Å². The van der Waals surface area contributed by atoms with Gasteiger partial charge in [-0.3, -0.25) is 0 Å². The predicted molar refractivity (Wildman–Crippen MR) is 53.9 cm³/mol. The lowest BCUT2D eigenvalue weighted by Crippen LogP contribution is -2.43. The van der Waals surface area contributed by atoms with Crippen LogP contribution in [0.2, 0.25) is 0 Å². The minimum atomic E-state index is 0.00873. The van der Waals surface area contributed by atoms with Gasteiger partial charge in [0.2, 0.25) is 0 Å². The molecule has 0 aromatic carbocycles.